The van der Waals surface area contributed by atoms with Gasteiger partial charge in [0.15, 0.2) is 0 Å². The van der Waals surface area contributed by atoms with E-state index in [4.69, 9.17) is 0 Å². The predicted octanol–water partition coefficient (Wildman–Crippen LogP) is 6.63. The van der Waals surface area contributed by atoms with Gasteiger partial charge in [0.25, 0.3) is 0 Å². The molecule has 1 aliphatic rings. The first-order chi connectivity index (χ1) is 8.40. The van der Waals surface area contributed by atoms with Gasteiger partial charge in [-0.25, -0.2) is 0 Å². The highest BCUT2D eigenvalue weighted by molar-refractivity contribution is 5.35. The van der Waals surface area contributed by atoms with Crippen LogP contribution in [0.2, 0.25) is 0 Å². The first-order valence-corrected chi connectivity index (χ1v) is 7.44. The molecule has 0 atom stereocenters. The second-order valence-corrected chi connectivity index (χ2v) is 6.39. The Kier molecular flexibility index (Phi) is 8.06. The van der Waals surface area contributed by atoms with Crippen LogP contribution < -0.4 is 0 Å². The third-order valence-corrected chi connectivity index (χ3v) is 4.38. The van der Waals surface area contributed by atoms with Crippen LogP contribution >= 0.6 is 0 Å². The average Bonchev–Trinajstić information content (AvgIpc) is 2.31. The first kappa shape index (κ1) is 18.2. The zero-order valence-electron chi connectivity index (χ0n) is 13.1. The maximum absolute atomic E-state index is 2.37. The highest BCUT2D eigenvalue weighted by atomic mass is 14.2. The first-order valence-electron chi connectivity index (χ1n) is 7.44. The van der Waals surface area contributed by atoms with Crippen molar-refractivity contribution in [2.45, 2.75) is 74.7 Å². The van der Waals surface area contributed by atoms with Crippen LogP contribution in [0.1, 0.15) is 70.6 Å². The molecule has 0 aliphatic heterocycles. The van der Waals surface area contributed by atoms with Gasteiger partial charge < -0.3 is 0 Å². The maximum Gasteiger partial charge on any atom is 0 e. The zero-order chi connectivity index (χ0) is 13.7. The van der Waals surface area contributed by atoms with E-state index in [1.54, 1.807) is 0 Å². The Hall–Kier alpha value is -0.780. The summed E-state index contributed by atoms with van der Waals surface area (Å²) in [6.45, 7) is 13.4. The van der Waals surface area contributed by atoms with Gasteiger partial charge in [-0.05, 0) is 56.2 Å². The Morgan fingerprint density at radius 3 is 1.42 bits per heavy atom. The van der Waals surface area contributed by atoms with Crippen LogP contribution in [-0.4, -0.2) is 0 Å². The van der Waals surface area contributed by atoms with Gasteiger partial charge in [0.1, 0.15) is 0 Å². The van der Waals surface area contributed by atoms with Crippen LogP contribution in [0, 0.1) is 39.5 Å². The van der Waals surface area contributed by atoms with Crippen molar-refractivity contribution in [2.24, 2.45) is 11.8 Å². The highest BCUT2D eigenvalue weighted by Crippen LogP contribution is 2.27. The van der Waals surface area contributed by atoms with Crippen LogP contribution in [-0.2, 0) is 0 Å². The zero-order valence-corrected chi connectivity index (χ0v) is 13.1. The third kappa shape index (κ3) is 6.27. The van der Waals surface area contributed by atoms with Crippen LogP contribution in [0.25, 0.3) is 0 Å². The fourth-order valence-electron chi connectivity index (χ4n) is 2.68. The lowest BCUT2D eigenvalue weighted by atomic mass is 9.84. The molecule has 0 N–H and O–H groups in total. The van der Waals surface area contributed by atoms with Gasteiger partial charge in [-0.1, -0.05) is 64.7 Å². The van der Waals surface area contributed by atoms with Crippen LogP contribution in [0.3, 0.4) is 0 Å². The van der Waals surface area contributed by atoms with E-state index >= 15 is 0 Å². The van der Waals surface area contributed by atoms with E-state index in [2.05, 4.69) is 53.7 Å². The van der Waals surface area contributed by atoms with E-state index in [1.807, 2.05) is 0 Å². The summed E-state index contributed by atoms with van der Waals surface area (Å²) >= 11 is 0. The monoisotopic (exact) mass is 264 g/mol. The molecular formula is C19H36. The molecule has 112 valence electrons. The fourth-order valence-corrected chi connectivity index (χ4v) is 2.68. The molecule has 0 unspecified atom stereocenters. The van der Waals surface area contributed by atoms with Gasteiger partial charge in [0.2, 0.25) is 0 Å². The number of benzene rings is 1. The summed E-state index contributed by atoms with van der Waals surface area (Å²) in [5.74, 6) is 2.04. The molecule has 1 aliphatic carbocycles. The molecule has 1 aromatic rings. The molecule has 2 rings (SSSR count). The molecule has 0 radical (unpaired) electrons. The lowest BCUT2D eigenvalue weighted by Crippen LogP contribution is -2.08. The van der Waals surface area contributed by atoms with Crippen molar-refractivity contribution in [3.63, 3.8) is 0 Å². The summed E-state index contributed by atoms with van der Waals surface area (Å²) in [7, 11) is 0. The molecule has 0 saturated heterocycles. The SMILES string of the molecule is C.CC1CCC(C)CC1.Cc1cc(C)c(C)c(C)c1.[HH]. The van der Waals surface area contributed by atoms with E-state index in [9.17, 15) is 0 Å². The summed E-state index contributed by atoms with van der Waals surface area (Å²) in [5, 5.41) is 0. The minimum absolute atomic E-state index is 0. The topological polar surface area (TPSA) is 0 Å². The van der Waals surface area contributed by atoms with Crippen molar-refractivity contribution >= 4 is 0 Å². The van der Waals surface area contributed by atoms with Gasteiger partial charge in [0.05, 0.1) is 0 Å². The predicted molar refractivity (Wildman–Crippen MR) is 91.0 cm³/mol. The Morgan fingerprint density at radius 2 is 1.11 bits per heavy atom. The Balaban J connectivity index is 0. The van der Waals surface area contributed by atoms with Crippen molar-refractivity contribution in [3.05, 3.63) is 34.4 Å². The minimum Gasteiger partial charge on any atom is -0.0776 e. The van der Waals surface area contributed by atoms with Gasteiger partial charge in [-0.3, -0.25) is 0 Å². The molecule has 0 bridgehead atoms. The van der Waals surface area contributed by atoms with E-state index < -0.39 is 0 Å². The van der Waals surface area contributed by atoms with Crippen LogP contribution in [0.5, 0.6) is 0 Å². The lowest BCUT2D eigenvalue weighted by molar-refractivity contribution is 0.308. The fraction of sp³-hybridized carbons (Fsp3) is 0.684. The lowest BCUT2D eigenvalue weighted by Gasteiger charge is -2.22. The van der Waals surface area contributed by atoms with Crippen LogP contribution in [0.4, 0.5) is 0 Å². The normalized spacial score (nSPS) is 22.0. The standard InChI is InChI=1S/C10H14.C8H16.CH4.H2/c1-7-5-8(2)10(4)9(3)6-7;1-7-3-5-8(2)6-4-7;;/h5-6H,1-4H3;7-8H,3-6H2,1-2H3;1H4;1H. The van der Waals surface area contributed by atoms with E-state index in [0.717, 1.165) is 11.8 Å². The van der Waals surface area contributed by atoms with Crippen LogP contribution in [0.15, 0.2) is 12.1 Å². The van der Waals surface area contributed by atoms with Crippen molar-refractivity contribution in [1.29, 1.82) is 0 Å². The molecule has 0 aromatic heterocycles. The van der Waals surface area contributed by atoms with E-state index in [1.165, 1.54) is 47.9 Å². The molecule has 1 saturated carbocycles. The Labute approximate surface area is 123 Å². The molecule has 0 heteroatoms. The summed E-state index contributed by atoms with van der Waals surface area (Å²) in [5.41, 5.74) is 5.58. The van der Waals surface area contributed by atoms with Gasteiger partial charge in [-0.15, -0.1) is 0 Å². The number of hydrogen-bond acceptors (Lipinski definition) is 0. The minimum atomic E-state index is 0. The molecule has 0 nitrogen and oxygen atoms in total. The van der Waals surface area contributed by atoms with Gasteiger partial charge in [0, 0.05) is 1.43 Å². The summed E-state index contributed by atoms with van der Waals surface area (Å²) in [4.78, 5) is 0. The summed E-state index contributed by atoms with van der Waals surface area (Å²) in [6, 6.07) is 4.45. The van der Waals surface area contributed by atoms with Gasteiger partial charge >= 0.3 is 0 Å². The molecule has 0 heterocycles. The van der Waals surface area contributed by atoms with E-state index in [0.29, 0.717) is 0 Å². The summed E-state index contributed by atoms with van der Waals surface area (Å²) < 4.78 is 0. The Bertz CT molecular complexity index is 340. The molecule has 19 heavy (non-hydrogen) atoms. The quantitative estimate of drug-likeness (QED) is 0.493. The Morgan fingerprint density at radius 1 is 0.789 bits per heavy atom. The van der Waals surface area contributed by atoms with Gasteiger partial charge in [-0.2, -0.15) is 0 Å². The maximum atomic E-state index is 2.37. The smallest absolute Gasteiger partial charge is 0 e. The highest BCUT2D eigenvalue weighted by Gasteiger charge is 2.13. The third-order valence-electron chi connectivity index (χ3n) is 4.38. The largest absolute Gasteiger partial charge is 0.0776 e. The molecule has 1 fully saturated rings. The van der Waals surface area contributed by atoms with Crippen molar-refractivity contribution in [2.75, 3.05) is 0 Å². The average molecular weight is 264 g/mol. The van der Waals surface area contributed by atoms with Crippen molar-refractivity contribution in [1.82, 2.24) is 0 Å². The molecular weight excluding hydrogens is 228 g/mol. The second kappa shape index (κ2) is 8.40. The van der Waals surface area contributed by atoms with E-state index in [-0.39, 0.29) is 8.85 Å². The number of rotatable bonds is 0. The molecule has 0 amide bonds. The molecule has 1 aromatic carbocycles. The number of aryl methyl sites for hydroxylation is 3. The van der Waals surface area contributed by atoms with Crippen molar-refractivity contribution in [3.8, 4) is 0 Å². The number of hydrogen-bond donors (Lipinski definition) is 0. The summed E-state index contributed by atoms with van der Waals surface area (Å²) in [6.07, 6.45) is 5.89. The van der Waals surface area contributed by atoms with Crippen molar-refractivity contribution < 1.29 is 1.43 Å². The molecule has 0 spiro atoms. The second-order valence-electron chi connectivity index (χ2n) is 6.39.